The number of hydrogen-bond donors (Lipinski definition) is 1. The zero-order chi connectivity index (χ0) is 11.3. The van der Waals surface area contributed by atoms with Crippen LogP contribution in [-0.4, -0.2) is 32.3 Å². The van der Waals surface area contributed by atoms with E-state index >= 15 is 0 Å². The highest BCUT2D eigenvalue weighted by molar-refractivity contribution is 7.84. The van der Waals surface area contributed by atoms with Crippen LogP contribution in [0.15, 0.2) is 12.4 Å². The van der Waals surface area contributed by atoms with Gasteiger partial charge in [-0.3, -0.25) is 8.78 Å². The largest absolute Gasteiger partial charge is 0.319 e. The number of nitrogens with zero attached hydrogens (tertiary/aromatic N) is 2. The second kappa shape index (κ2) is 5.92. The van der Waals surface area contributed by atoms with Crippen LogP contribution in [0, 0.1) is 0 Å². The lowest BCUT2D eigenvalue weighted by atomic mass is 10.5. The normalized spacial score (nSPS) is 13.3. The summed E-state index contributed by atoms with van der Waals surface area (Å²) in [6.07, 6.45) is 4.17. The molecule has 0 saturated heterocycles. The molecule has 1 aromatic rings. The SMILES string of the molecule is CS(=O)CCNCc1nccn1C(F)F. The number of imidazole rings is 1. The molecule has 0 fully saturated rings. The summed E-state index contributed by atoms with van der Waals surface area (Å²) in [7, 11) is -0.866. The standard InChI is InChI=1S/C8H13F2N3OS/c1-15(14)5-3-11-6-7-12-2-4-13(7)8(9)10/h2,4,8,11H,3,5-6H2,1H3. The van der Waals surface area contributed by atoms with Gasteiger partial charge in [0.15, 0.2) is 0 Å². The van der Waals surface area contributed by atoms with Crippen molar-refractivity contribution in [3.63, 3.8) is 0 Å². The van der Waals surface area contributed by atoms with Crippen molar-refractivity contribution in [2.75, 3.05) is 18.6 Å². The number of hydrogen-bond acceptors (Lipinski definition) is 3. The molecule has 1 unspecified atom stereocenters. The first-order chi connectivity index (χ1) is 7.11. The van der Waals surface area contributed by atoms with Gasteiger partial charge in [0.05, 0.1) is 6.54 Å². The fraction of sp³-hybridized carbons (Fsp3) is 0.625. The van der Waals surface area contributed by atoms with E-state index in [2.05, 4.69) is 10.3 Å². The van der Waals surface area contributed by atoms with Crippen LogP contribution in [0.3, 0.4) is 0 Å². The molecule has 1 N–H and O–H groups in total. The summed E-state index contributed by atoms with van der Waals surface area (Å²) in [6.45, 7) is -1.78. The maximum absolute atomic E-state index is 12.3. The molecule has 0 aliphatic rings. The summed E-state index contributed by atoms with van der Waals surface area (Å²) in [4.78, 5) is 3.80. The summed E-state index contributed by atoms with van der Waals surface area (Å²) >= 11 is 0. The van der Waals surface area contributed by atoms with Gasteiger partial charge < -0.3 is 5.32 Å². The molecule has 0 spiro atoms. The summed E-state index contributed by atoms with van der Waals surface area (Å²) in [5, 5.41) is 2.90. The van der Waals surface area contributed by atoms with Crippen LogP contribution in [0.4, 0.5) is 8.78 Å². The predicted octanol–water partition coefficient (Wildman–Crippen LogP) is 0.746. The van der Waals surface area contributed by atoms with E-state index in [9.17, 15) is 13.0 Å². The van der Waals surface area contributed by atoms with Crippen molar-refractivity contribution in [1.29, 1.82) is 0 Å². The fourth-order valence-electron chi connectivity index (χ4n) is 1.07. The van der Waals surface area contributed by atoms with Gasteiger partial charge in [0.2, 0.25) is 0 Å². The second-order valence-electron chi connectivity index (χ2n) is 2.98. The molecule has 4 nitrogen and oxygen atoms in total. The van der Waals surface area contributed by atoms with Crippen LogP contribution in [-0.2, 0) is 17.3 Å². The number of aromatic nitrogens is 2. The number of rotatable bonds is 6. The molecule has 0 saturated carbocycles. The van der Waals surface area contributed by atoms with E-state index in [0.29, 0.717) is 12.3 Å². The Labute approximate surface area is 89.2 Å². The first-order valence-corrected chi connectivity index (χ1v) is 6.14. The van der Waals surface area contributed by atoms with Crippen molar-refractivity contribution in [2.24, 2.45) is 0 Å². The predicted molar refractivity (Wildman–Crippen MR) is 54.1 cm³/mol. The third kappa shape index (κ3) is 4.05. The minimum absolute atomic E-state index is 0.258. The Bertz CT molecular complexity index is 329. The van der Waals surface area contributed by atoms with Crippen LogP contribution >= 0.6 is 0 Å². The van der Waals surface area contributed by atoms with Crippen LogP contribution in [0.5, 0.6) is 0 Å². The second-order valence-corrected chi connectivity index (χ2v) is 4.54. The molecule has 1 rings (SSSR count). The monoisotopic (exact) mass is 237 g/mol. The molecule has 0 radical (unpaired) electrons. The van der Waals surface area contributed by atoms with Crippen molar-refractivity contribution in [1.82, 2.24) is 14.9 Å². The van der Waals surface area contributed by atoms with Crippen molar-refractivity contribution in [3.8, 4) is 0 Å². The van der Waals surface area contributed by atoms with Gasteiger partial charge in [0, 0.05) is 41.7 Å². The zero-order valence-corrected chi connectivity index (χ0v) is 9.14. The lowest BCUT2D eigenvalue weighted by Crippen LogP contribution is -2.22. The average molecular weight is 237 g/mol. The Hall–Kier alpha value is -0.820. The summed E-state index contributed by atoms with van der Waals surface area (Å²) in [6, 6.07) is 0. The quantitative estimate of drug-likeness (QED) is 0.743. The number of halogens is 2. The Morgan fingerprint density at radius 1 is 1.67 bits per heavy atom. The van der Waals surface area contributed by atoms with Gasteiger partial charge in [0.25, 0.3) is 0 Å². The number of alkyl halides is 2. The molecular weight excluding hydrogens is 224 g/mol. The molecule has 0 aliphatic heterocycles. The van der Waals surface area contributed by atoms with Gasteiger partial charge in [-0.05, 0) is 0 Å². The summed E-state index contributed by atoms with van der Waals surface area (Å²) in [5.74, 6) is 0.793. The van der Waals surface area contributed by atoms with Crippen LogP contribution in [0.2, 0.25) is 0 Å². The first-order valence-electron chi connectivity index (χ1n) is 4.42. The Balaban J connectivity index is 2.37. The highest BCUT2D eigenvalue weighted by Gasteiger charge is 2.10. The van der Waals surface area contributed by atoms with E-state index in [-0.39, 0.29) is 12.4 Å². The van der Waals surface area contributed by atoms with Crippen molar-refractivity contribution >= 4 is 10.8 Å². The van der Waals surface area contributed by atoms with Gasteiger partial charge in [-0.15, -0.1) is 0 Å². The van der Waals surface area contributed by atoms with Gasteiger partial charge >= 0.3 is 6.55 Å². The molecule has 0 aliphatic carbocycles. The van der Waals surface area contributed by atoms with Gasteiger partial charge in [-0.2, -0.15) is 8.78 Å². The van der Waals surface area contributed by atoms with E-state index in [1.165, 1.54) is 12.4 Å². The van der Waals surface area contributed by atoms with E-state index in [1.54, 1.807) is 6.26 Å². The first kappa shape index (κ1) is 12.3. The Kier molecular flexibility index (Phi) is 4.83. The topological polar surface area (TPSA) is 46.9 Å². The molecule has 0 bridgehead atoms. The Morgan fingerprint density at radius 2 is 2.40 bits per heavy atom. The molecule has 15 heavy (non-hydrogen) atoms. The molecule has 7 heteroatoms. The highest BCUT2D eigenvalue weighted by atomic mass is 32.2. The van der Waals surface area contributed by atoms with Crippen LogP contribution in [0.1, 0.15) is 12.4 Å². The van der Waals surface area contributed by atoms with Gasteiger partial charge in [-0.25, -0.2) is 4.98 Å². The fourth-order valence-corrected chi connectivity index (χ4v) is 1.51. The summed E-state index contributed by atoms with van der Waals surface area (Å²) in [5.41, 5.74) is 0. The Morgan fingerprint density at radius 3 is 3.00 bits per heavy atom. The smallest absolute Gasteiger partial charge is 0.309 e. The molecule has 86 valence electrons. The van der Waals surface area contributed by atoms with Crippen LogP contribution in [0.25, 0.3) is 0 Å². The van der Waals surface area contributed by atoms with Gasteiger partial charge in [0.1, 0.15) is 5.82 Å². The summed E-state index contributed by atoms with van der Waals surface area (Å²) < 4.78 is 36.2. The lowest BCUT2D eigenvalue weighted by molar-refractivity contribution is 0.0666. The van der Waals surface area contributed by atoms with Gasteiger partial charge in [-0.1, -0.05) is 0 Å². The van der Waals surface area contributed by atoms with Crippen molar-refractivity contribution < 1.29 is 13.0 Å². The lowest BCUT2D eigenvalue weighted by Gasteiger charge is -2.06. The number of nitrogens with one attached hydrogen (secondary N) is 1. The average Bonchev–Trinajstić information content (AvgIpc) is 2.60. The minimum atomic E-state index is -2.57. The molecule has 0 amide bonds. The van der Waals surface area contributed by atoms with Crippen LogP contribution < -0.4 is 5.32 Å². The van der Waals surface area contributed by atoms with E-state index in [4.69, 9.17) is 0 Å². The minimum Gasteiger partial charge on any atom is -0.309 e. The molecule has 1 heterocycles. The maximum atomic E-state index is 12.3. The molecule has 0 aromatic carbocycles. The third-order valence-corrected chi connectivity index (χ3v) is 2.59. The van der Waals surface area contributed by atoms with E-state index in [0.717, 1.165) is 4.57 Å². The third-order valence-electron chi connectivity index (χ3n) is 1.81. The molecule has 1 aromatic heterocycles. The maximum Gasteiger partial charge on any atom is 0.319 e. The zero-order valence-electron chi connectivity index (χ0n) is 8.32. The van der Waals surface area contributed by atoms with Crippen molar-refractivity contribution in [2.45, 2.75) is 13.1 Å². The molecule has 1 atom stereocenters. The van der Waals surface area contributed by atoms with E-state index < -0.39 is 17.3 Å². The van der Waals surface area contributed by atoms with E-state index in [1.807, 2.05) is 0 Å². The van der Waals surface area contributed by atoms with Crippen molar-refractivity contribution in [3.05, 3.63) is 18.2 Å². The highest BCUT2D eigenvalue weighted by Crippen LogP contribution is 2.11. The molecular formula is C8H13F2N3OS.